The maximum Gasteiger partial charge on any atom is 0.236 e. The van der Waals surface area contributed by atoms with Crippen LogP contribution in [0.3, 0.4) is 0 Å². The van der Waals surface area contributed by atoms with Crippen molar-refractivity contribution in [1.82, 2.24) is 20.4 Å². The molecule has 1 atom stereocenters. The van der Waals surface area contributed by atoms with Crippen molar-refractivity contribution in [3.8, 4) is 22.9 Å². The third-order valence-corrected chi connectivity index (χ3v) is 5.93. The van der Waals surface area contributed by atoms with Crippen LogP contribution in [0, 0.1) is 0 Å². The van der Waals surface area contributed by atoms with Crippen LogP contribution in [0.4, 0.5) is 0 Å². The molecule has 0 bridgehead atoms. The van der Waals surface area contributed by atoms with E-state index in [1.54, 1.807) is 26.4 Å². The Morgan fingerprint density at radius 1 is 1.34 bits per heavy atom. The van der Waals surface area contributed by atoms with Crippen molar-refractivity contribution in [3.05, 3.63) is 24.1 Å². The number of methoxy groups -OCH3 is 2. The molecular formula is C20H28N4O4S. The van der Waals surface area contributed by atoms with E-state index >= 15 is 0 Å². The van der Waals surface area contributed by atoms with Crippen LogP contribution in [0.1, 0.15) is 25.7 Å². The van der Waals surface area contributed by atoms with Gasteiger partial charge in [0.2, 0.25) is 17.6 Å². The van der Waals surface area contributed by atoms with E-state index in [0.717, 1.165) is 31.6 Å². The molecule has 3 rings (SSSR count). The number of likely N-dealkylation sites (N-methyl/N-ethyl adjacent to an activating group) is 1. The predicted octanol–water partition coefficient (Wildman–Crippen LogP) is 2.59. The number of thioether (sulfide) groups is 1. The third kappa shape index (κ3) is 5.63. The normalized spacial score (nSPS) is 16.7. The molecule has 1 N–H and O–H groups in total. The summed E-state index contributed by atoms with van der Waals surface area (Å²) in [5.74, 6) is 3.10. The number of amides is 1. The monoisotopic (exact) mass is 420 g/mol. The molecule has 1 aromatic heterocycles. The first-order valence-corrected chi connectivity index (χ1v) is 10.9. The first-order valence-electron chi connectivity index (χ1n) is 9.78. The number of carbonyl (C=O) groups excluding carboxylic acids is 1. The fourth-order valence-corrected chi connectivity index (χ4v) is 4.14. The van der Waals surface area contributed by atoms with E-state index in [2.05, 4.69) is 27.3 Å². The first kappa shape index (κ1) is 21.4. The Balaban J connectivity index is 1.45. The molecule has 1 aromatic carbocycles. The van der Waals surface area contributed by atoms with Gasteiger partial charge in [-0.05, 0) is 44.1 Å². The number of ether oxygens (including phenoxy) is 2. The summed E-state index contributed by atoms with van der Waals surface area (Å²) in [5.41, 5.74) is 0.775. The second-order valence-electron chi connectivity index (χ2n) is 6.80. The molecule has 1 saturated heterocycles. The van der Waals surface area contributed by atoms with Crippen molar-refractivity contribution in [1.29, 1.82) is 0 Å². The fraction of sp³-hybridized carbons (Fsp3) is 0.550. The van der Waals surface area contributed by atoms with Crippen LogP contribution >= 0.6 is 11.8 Å². The summed E-state index contributed by atoms with van der Waals surface area (Å²) in [6.45, 7) is 5.05. The molecule has 1 amide bonds. The molecule has 0 spiro atoms. The maximum atomic E-state index is 12.1. The lowest BCUT2D eigenvalue weighted by molar-refractivity contribution is -0.118. The van der Waals surface area contributed by atoms with Crippen LogP contribution in [0.5, 0.6) is 11.5 Å². The molecule has 0 unspecified atom stereocenters. The number of nitrogens with zero attached hydrogens (tertiary/aromatic N) is 3. The standard InChI is InChI=1S/C20H28N4O4S/c1-4-24-9-5-6-15(24)11-21-18(25)12-29-13-19-22-20(23-28-19)14-7-8-16(26-2)17(10-14)27-3/h7-8,10,15H,4-6,9,11-13H2,1-3H3,(H,21,25)/t15-/m1/s1. The second kappa shape index (κ2) is 10.5. The van der Waals surface area contributed by atoms with Crippen LogP contribution in [0.2, 0.25) is 0 Å². The van der Waals surface area contributed by atoms with E-state index in [-0.39, 0.29) is 5.91 Å². The smallest absolute Gasteiger partial charge is 0.236 e. The number of benzene rings is 1. The second-order valence-corrected chi connectivity index (χ2v) is 7.79. The minimum absolute atomic E-state index is 0.0394. The highest BCUT2D eigenvalue weighted by atomic mass is 32.2. The van der Waals surface area contributed by atoms with Crippen LogP contribution in [0.15, 0.2) is 22.7 Å². The van der Waals surface area contributed by atoms with Crippen molar-refractivity contribution in [2.75, 3.05) is 39.6 Å². The largest absolute Gasteiger partial charge is 0.493 e. The highest BCUT2D eigenvalue weighted by Gasteiger charge is 2.23. The minimum Gasteiger partial charge on any atom is -0.493 e. The first-order chi connectivity index (χ1) is 14.1. The average molecular weight is 421 g/mol. The lowest BCUT2D eigenvalue weighted by atomic mass is 10.2. The van der Waals surface area contributed by atoms with Gasteiger partial charge in [-0.2, -0.15) is 4.98 Å². The lowest BCUT2D eigenvalue weighted by Gasteiger charge is -2.22. The number of rotatable bonds is 10. The predicted molar refractivity (Wildman–Crippen MR) is 112 cm³/mol. The zero-order valence-corrected chi connectivity index (χ0v) is 18.0. The molecule has 1 fully saturated rings. The van der Waals surface area contributed by atoms with Gasteiger partial charge in [-0.1, -0.05) is 12.1 Å². The van der Waals surface area contributed by atoms with Crippen molar-refractivity contribution < 1.29 is 18.8 Å². The number of nitrogens with one attached hydrogen (secondary N) is 1. The lowest BCUT2D eigenvalue weighted by Crippen LogP contribution is -2.40. The molecule has 2 heterocycles. The SMILES string of the molecule is CCN1CCC[C@@H]1CNC(=O)CSCc1nc(-c2ccc(OC)c(OC)c2)no1. The highest BCUT2D eigenvalue weighted by molar-refractivity contribution is 7.99. The maximum absolute atomic E-state index is 12.1. The molecule has 8 nitrogen and oxygen atoms in total. The van der Waals surface area contributed by atoms with E-state index < -0.39 is 0 Å². The van der Waals surface area contributed by atoms with E-state index in [9.17, 15) is 4.79 Å². The molecule has 158 valence electrons. The quantitative estimate of drug-likeness (QED) is 0.627. The van der Waals surface area contributed by atoms with Gasteiger partial charge in [-0.3, -0.25) is 9.69 Å². The Bertz CT molecular complexity index is 814. The summed E-state index contributed by atoms with van der Waals surface area (Å²) in [7, 11) is 3.17. The van der Waals surface area contributed by atoms with Gasteiger partial charge in [-0.25, -0.2) is 0 Å². The van der Waals surface area contributed by atoms with E-state index in [1.165, 1.54) is 18.2 Å². The van der Waals surface area contributed by atoms with E-state index in [1.807, 2.05) is 6.07 Å². The van der Waals surface area contributed by atoms with Gasteiger partial charge in [0.25, 0.3) is 0 Å². The molecule has 1 aliphatic rings. The van der Waals surface area contributed by atoms with Gasteiger partial charge in [-0.15, -0.1) is 11.8 Å². The Labute approximate surface area is 175 Å². The van der Waals surface area contributed by atoms with Crippen LogP contribution < -0.4 is 14.8 Å². The van der Waals surface area contributed by atoms with E-state index in [0.29, 0.717) is 40.8 Å². The Kier molecular flexibility index (Phi) is 7.76. The van der Waals surface area contributed by atoms with Crippen LogP contribution in [-0.4, -0.2) is 66.6 Å². The van der Waals surface area contributed by atoms with Crippen LogP contribution in [0.25, 0.3) is 11.4 Å². The van der Waals surface area contributed by atoms with Crippen molar-refractivity contribution in [3.63, 3.8) is 0 Å². The molecule has 0 aliphatic carbocycles. The number of hydrogen-bond donors (Lipinski definition) is 1. The summed E-state index contributed by atoms with van der Waals surface area (Å²) in [6, 6.07) is 5.91. The Hall–Kier alpha value is -2.26. The van der Waals surface area contributed by atoms with Crippen molar-refractivity contribution in [2.45, 2.75) is 31.6 Å². The molecular weight excluding hydrogens is 392 g/mol. The summed E-state index contributed by atoms with van der Waals surface area (Å²) in [5, 5.41) is 7.06. The molecule has 29 heavy (non-hydrogen) atoms. The van der Waals surface area contributed by atoms with Gasteiger partial charge in [0.1, 0.15) is 0 Å². The number of aromatic nitrogens is 2. The zero-order valence-electron chi connectivity index (χ0n) is 17.1. The summed E-state index contributed by atoms with van der Waals surface area (Å²) >= 11 is 1.46. The fourth-order valence-electron chi connectivity index (χ4n) is 3.46. The van der Waals surface area contributed by atoms with Gasteiger partial charge in [0.05, 0.1) is 25.7 Å². The molecule has 9 heteroatoms. The summed E-state index contributed by atoms with van der Waals surface area (Å²) < 4.78 is 15.9. The number of hydrogen-bond acceptors (Lipinski definition) is 8. The van der Waals surface area contributed by atoms with Gasteiger partial charge in [0, 0.05) is 18.2 Å². The molecule has 0 radical (unpaired) electrons. The topological polar surface area (TPSA) is 89.7 Å². The van der Waals surface area contributed by atoms with Gasteiger partial charge < -0.3 is 19.3 Å². The van der Waals surface area contributed by atoms with Crippen LogP contribution in [-0.2, 0) is 10.5 Å². The van der Waals surface area contributed by atoms with Crippen molar-refractivity contribution >= 4 is 17.7 Å². The molecule has 0 saturated carbocycles. The minimum atomic E-state index is 0.0394. The average Bonchev–Trinajstić information content (AvgIpc) is 3.41. The van der Waals surface area contributed by atoms with Gasteiger partial charge in [0.15, 0.2) is 11.5 Å². The summed E-state index contributed by atoms with van der Waals surface area (Å²) in [4.78, 5) is 18.9. The molecule has 2 aromatic rings. The number of carbonyl (C=O) groups is 1. The zero-order chi connectivity index (χ0) is 20.6. The third-order valence-electron chi connectivity index (χ3n) is 5.01. The Morgan fingerprint density at radius 2 is 2.17 bits per heavy atom. The summed E-state index contributed by atoms with van der Waals surface area (Å²) in [6.07, 6.45) is 2.37. The Morgan fingerprint density at radius 3 is 2.93 bits per heavy atom. The number of likely N-dealkylation sites (tertiary alicyclic amines) is 1. The van der Waals surface area contributed by atoms with Gasteiger partial charge >= 0.3 is 0 Å². The van der Waals surface area contributed by atoms with Crippen molar-refractivity contribution in [2.24, 2.45) is 0 Å². The molecule has 1 aliphatic heterocycles. The van der Waals surface area contributed by atoms with E-state index in [4.69, 9.17) is 14.0 Å². The highest BCUT2D eigenvalue weighted by Crippen LogP contribution is 2.31.